The van der Waals surface area contributed by atoms with Crippen molar-refractivity contribution < 1.29 is 19.0 Å². The van der Waals surface area contributed by atoms with Crippen molar-refractivity contribution in [2.75, 3.05) is 72.2 Å². The summed E-state index contributed by atoms with van der Waals surface area (Å²) >= 11 is 5.73. The Labute approximate surface area is 178 Å². The Kier molecular flexibility index (Phi) is 8.09. The molecule has 2 heterocycles. The first kappa shape index (κ1) is 21.8. The number of hydrogen-bond acceptors (Lipinski definition) is 6. The molecular formula is C21H31N3O4S. The first-order valence-electron chi connectivity index (χ1n) is 10.4. The predicted octanol–water partition coefficient (Wildman–Crippen LogP) is 1.64. The highest BCUT2D eigenvalue weighted by Gasteiger charge is 2.21. The maximum atomic E-state index is 12.3. The zero-order valence-electron chi connectivity index (χ0n) is 17.4. The fourth-order valence-corrected chi connectivity index (χ4v) is 3.83. The minimum Gasteiger partial charge on any atom is -0.490 e. The smallest absolute Gasteiger partial charge is 0.260 e. The van der Waals surface area contributed by atoms with Gasteiger partial charge < -0.3 is 28.9 Å². The van der Waals surface area contributed by atoms with Crippen LogP contribution in [0.3, 0.4) is 0 Å². The average molecular weight is 422 g/mol. The van der Waals surface area contributed by atoms with Gasteiger partial charge in [-0.3, -0.25) is 4.79 Å². The predicted molar refractivity (Wildman–Crippen MR) is 116 cm³/mol. The molecule has 1 aromatic rings. The maximum Gasteiger partial charge on any atom is 0.260 e. The van der Waals surface area contributed by atoms with Crippen molar-refractivity contribution in [3.63, 3.8) is 0 Å². The Morgan fingerprint density at radius 3 is 2.38 bits per heavy atom. The third-order valence-corrected chi connectivity index (χ3v) is 5.81. The van der Waals surface area contributed by atoms with Crippen LogP contribution < -0.4 is 9.47 Å². The van der Waals surface area contributed by atoms with E-state index in [0.717, 1.165) is 43.3 Å². The zero-order chi connectivity index (χ0) is 20.6. The summed E-state index contributed by atoms with van der Waals surface area (Å²) in [7, 11) is 0. The quantitative estimate of drug-likeness (QED) is 0.621. The van der Waals surface area contributed by atoms with E-state index >= 15 is 0 Å². The lowest BCUT2D eigenvalue weighted by Crippen LogP contribution is -2.48. The van der Waals surface area contributed by atoms with Crippen molar-refractivity contribution in [3.05, 3.63) is 23.8 Å². The number of piperazine rings is 1. The van der Waals surface area contributed by atoms with Crippen LogP contribution in [0.25, 0.3) is 0 Å². The number of benzene rings is 1. The fraction of sp³-hybridized carbons (Fsp3) is 0.619. The number of ether oxygens (including phenoxy) is 3. The molecule has 0 radical (unpaired) electrons. The van der Waals surface area contributed by atoms with Crippen molar-refractivity contribution in [2.45, 2.75) is 13.8 Å². The second-order valence-corrected chi connectivity index (χ2v) is 7.49. The maximum absolute atomic E-state index is 12.3. The van der Waals surface area contributed by atoms with Crippen molar-refractivity contribution in [2.24, 2.45) is 0 Å². The Bertz CT molecular complexity index is 701. The van der Waals surface area contributed by atoms with Gasteiger partial charge in [-0.2, -0.15) is 0 Å². The van der Waals surface area contributed by atoms with Crippen molar-refractivity contribution in [3.8, 4) is 11.5 Å². The van der Waals surface area contributed by atoms with Gasteiger partial charge in [0.2, 0.25) is 0 Å². The summed E-state index contributed by atoms with van der Waals surface area (Å²) in [4.78, 5) is 19.6. The fourth-order valence-electron chi connectivity index (χ4n) is 3.52. The first-order valence-corrected chi connectivity index (χ1v) is 10.8. The second-order valence-electron chi connectivity index (χ2n) is 7.10. The summed E-state index contributed by atoms with van der Waals surface area (Å²) < 4.78 is 16.9. The topological polar surface area (TPSA) is 54.5 Å². The Hall–Kier alpha value is -1.90. The minimum absolute atomic E-state index is 0.0111. The van der Waals surface area contributed by atoms with Gasteiger partial charge in [-0.1, -0.05) is 19.1 Å². The zero-order valence-corrected chi connectivity index (χ0v) is 18.2. The van der Waals surface area contributed by atoms with Gasteiger partial charge in [0.05, 0.1) is 19.8 Å². The molecule has 0 saturated carbocycles. The molecule has 2 saturated heterocycles. The largest absolute Gasteiger partial charge is 0.490 e. The van der Waals surface area contributed by atoms with Gasteiger partial charge in [0.1, 0.15) is 4.99 Å². The molecule has 8 heteroatoms. The van der Waals surface area contributed by atoms with Crippen molar-refractivity contribution in [1.29, 1.82) is 0 Å². The Morgan fingerprint density at radius 1 is 1.00 bits per heavy atom. The monoisotopic (exact) mass is 421 g/mol. The van der Waals surface area contributed by atoms with E-state index in [4.69, 9.17) is 26.4 Å². The molecule has 0 bridgehead atoms. The van der Waals surface area contributed by atoms with Gasteiger partial charge in [-0.15, -0.1) is 0 Å². The summed E-state index contributed by atoms with van der Waals surface area (Å²) in [6.07, 6.45) is 0. The van der Waals surface area contributed by atoms with E-state index in [2.05, 4.69) is 16.7 Å². The minimum atomic E-state index is -0.0378. The normalized spacial score (nSPS) is 17.9. The van der Waals surface area contributed by atoms with Gasteiger partial charge in [0.15, 0.2) is 18.1 Å². The van der Waals surface area contributed by atoms with Crippen LogP contribution in [0.2, 0.25) is 0 Å². The molecule has 1 amide bonds. The molecule has 2 aliphatic heterocycles. The lowest BCUT2D eigenvalue weighted by atomic mass is 10.1. The highest BCUT2D eigenvalue weighted by molar-refractivity contribution is 7.80. The van der Waals surface area contributed by atoms with Gasteiger partial charge in [0, 0.05) is 44.8 Å². The van der Waals surface area contributed by atoms with E-state index in [1.54, 1.807) is 4.90 Å². The molecule has 29 heavy (non-hydrogen) atoms. The molecule has 1 aromatic carbocycles. The molecule has 0 aliphatic carbocycles. The number of carbonyl (C=O) groups excluding carboxylic acids is 1. The van der Waals surface area contributed by atoms with E-state index in [-0.39, 0.29) is 12.5 Å². The highest BCUT2D eigenvalue weighted by atomic mass is 32.1. The molecule has 2 fully saturated rings. The number of amides is 1. The molecule has 3 rings (SSSR count). The van der Waals surface area contributed by atoms with Crippen LogP contribution in [0.5, 0.6) is 11.5 Å². The molecule has 0 unspecified atom stereocenters. The van der Waals surface area contributed by atoms with Gasteiger partial charge in [-0.05, 0) is 31.7 Å². The molecule has 0 N–H and O–H groups in total. The van der Waals surface area contributed by atoms with Crippen LogP contribution in [0.4, 0.5) is 0 Å². The highest BCUT2D eigenvalue weighted by Crippen LogP contribution is 2.29. The van der Waals surface area contributed by atoms with Gasteiger partial charge in [-0.25, -0.2) is 0 Å². The van der Waals surface area contributed by atoms with Crippen LogP contribution in [-0.2, 0) is 9.53 Å². The Morgan fingerprint density at radius 2 is 1.72 bits per heavy atom. The second kappa shape index (κ2) is 10.8. The lowest BCUT2D eigenvalue weighted by molar-refractivity contribution is -0.137. The summed E-state index contributed by atoms with van der Waals surface area (Å²) in [6, 6.07) is 5.72. The number of thiocarbonyl (C=S) groups is 1. The molecule has 2 aliphatic rings. The Balaban J connectivity index is 1.63. The van der Waals surface area contributed by atoms with E-state index in [1.165, 1.54) is 0 Å². The average Bonchev–Trinajstić information content (AvgIpc) is 2.78. The summed E-state index contributed by atoms with van der Waals surface area (Å²) in [6.45, 7) is 12.0. The SMILES string of the molecule is CCOc1cc(C(=S)N2CCN(CC)CC2)ccc1OCC(=O)N1CCOCC1. The number of nitrogens with zero attached hydrogens (tertiary/aromatic N) is 3. The summed E-state index contributed by atoms with van der Waals surface area (Å²) in [5, 5.41) is 0. The standard InChI is InChI=1S/C21H31N3O4S/c1-3-22-7-9-24(10-8-22)21(29)17-5-6-18(19(15-17)27-4-2)28-16-20(25)23-11-13-26-14-12-23/h5-6,15H,3-4,7-14,16H2,1-2H3. The van der Waals surface area contributed by atoms with Crippen molar-refractivity contribution >= 4 is 23.1 Å². The van der Waals surface area contributed by atoms with Crippen LogP contribution in [0, 0.1) is 0 Å². The number of rotatable bonds is 7. The van der Waals surface area contributed by atoms with E-state index in [0.29, 0.717) is 44.4 Å². The van der Waals surface area contributed by atoms with Gasteiger partial charge >= 0.3 is 0 Å². The van der Waals surface area contributed by atoms with E-state index in [9.17, 15) is 4.79 Å². The summed E-state index contributed by atoms with van der Waals surface area (Å²) in [5.74, 6) is 1.15. The number of hydrogen-bond donors (Lipinski definition) is 0. The number of carbonyl (C=O) groups is 1. The molecule has 0 spiro atoms. The van der Waals surface area contributed by atoms with E-state index < -0.39 is 0 Å². The molecule has 0 aromatic heterocycles. The van der Waals surface area contributed by atoms with Crippen LogP contribution >= 0.6 is 12.2 Å². The van der Waals surface area contributed by atoms with E-state index in [1.807, 2.05) is 25.1 Å². The number of likely N-dealkylation sites (N-methyl/N-ethyl adjacent to an activating group) is 1. The molecular weight excluding hydrogens is 390 g/mol. The molecule has 7 nitrogen and oxygen atoms in total. The van der Waals surface area contributed by atoms with Gasteiger partial charge in [0.25, 0.3) is 5.91 Å². The van der Waals surface area contributed by atoms with Crippen molar-refractivity contribution in [1.82, 2.24) is 14.7 Å². The lowest BCUT2D eigenvalue weighted by Gasteiger charge is -2.35. The summed E-state index contributed by atoms with van der Waals surface area (Å²) in [5.41, 5.74) is 0.945. The third-order valence-electron chi connectivity index (χ3n) is 5.31. The first-order chi connectivity index (χ1) is 14.1. The third kappa shape index (κ3) is 5.81. The molecule has 160 valence electrons. The number of morpholine rings is 1. The van der Waals surface area contributed by atoms with Crippen LogP contribution in [-0.4, -0.2) is 97.8 Å². The van der Waals surface area contributed by atoms with Crippen LogP contribution in [0.15, 0.2) is 18.2 Å². The molecule has 0 atom stereocenters. The van der Waals surface area contributed by atoms with Crippen LogP contribution in [0.1, 0.15) is 19.4 Å².